The molecule has 2 rings (SSSR count). The third-order valence-electron chi connectivity index (χ3n) is 2.94. The standard InChI is InChI=1S/C13H18N2O2S/c1-17-11-5-9-18-12(11)13(16)15-8-4-10-2-6-14-7-3-10/h2,5,9,14H,3-4,6-8H2,1H3,(H,15,16). The third-order valence-corrected chi connectivity index (χ3v) is 3.84. The summed E-state index contributed by atoms with van der Waals surface area (Å²) in [5.41, 5.74) is 1.42. The maximum absolute atomic E-state index is 11.9. The molecule has 98 valence electrons. The molecule has 0 saturated heterocycles. The van der Waals surface area contributed by atoms with Crippen LogP contribution in [0.4, 0.5) is 0 Å². The molecular weight excluding hydrogens is 248 g/mol. The average molecular weight is 266 g/mol. The fourth-order valence-electron chi connectivity index (χ4n) is 1.94. The Morgan fingerprint density at radius 3 is 3.22 bits per heavy atom. The quantitative estimate of drug-likeness (QED) is 0.799. The zero-order chi connectivity index (χ0) is 12.8. The van der Waals surface area contributed by atoms with E-state index >= 15 is 0 Å². The van der Waals surface area contributed by atoms with Crippen molar-refractivity contribution in [2.24, 2.45) is 0 Å². The lowest BCUT2D eigenvalue weighted by atomic mass is 10.1. The van der Waals surface area contributed by atoms with Crippen LogP contribution in [0.25, 0.3) is 0 Å². The van der Waals surface area contributed by atoms with Crippen molar-refractivity contribution in [1.82, 2.24) is 10.6 Å². The summed E-state index contributed by atoms with van der Waals surface area (Å²) in [5, 5.41) is 8.07. The van der Waals surface area contributed by atoms with Crippen LogP contribution in [0.2, 0.25) is 0 Å². The van der Waals surface area contributed by atoms with Gasteiger partial charge in [-0.15, -0.1) is 11.3 Å². The van der Waals surface area contributed by atoms with E-state index in [1.165, 1.54) is 16.9 Å². The van der Waals surface area contributed by atoms with Crippen molar-refractivity contribution < 1.29 is 9.53 Å². The summed E-state index contributed by atoms with van der Waals surface area (Å²) in [6.07, 6.45) is 4.22. The number of rotatable bonds is 5. The van der Waals surface area contributed by atoms with Crippen molar-refractivity contribution in [2.45, 2.75) is 12.8 Å². The Morgan fingerprint density at radius 2 is 2.50 bits per heavy atom. The van der Waals surface area contributed by atoms with Gasteiger partial charge in [-0.05, 0) is 30.8 Å². The minimum atomic E-state index is -0.0450. The maximum Gasteiger partial charge on any atom is 0.265 e. The smallest absolute Gasteiger partial charge is 0.265 e. The van der Waals surface area contributed by atoms with Crippen LogP contribution in [0, 0.1) is 0 Å². The van der Waals surface area contributed by atoms with Crippen molar-refractivity contribution in [2.75, 3.05) is 26.7 Å². The zero-order valence-corrected chi connectivity index (χ0v) is 11.3. The fraction of sp³-hybridized carbons (Fsp3) is 0.462. The van der Waals surface area contributed by atoms with Gasteiger partial charge in [0, 0.05) is 13.1 Å². The highest BCUT2D eigenvalue weighted by Gasteiger charge is 2.13. The summed E-state index contributed by atoms with van der Waals surface area (Å²) in [6, 6.07) is 1.81. The lowest BCUT2D eigenvalue weighted by Gasteiger charge is -2.14. The van der Waals surface area contributed by atoms with Crippen LogP contribution in [-0.2, 0) is 0 Å². The second-order valence-electron chi connectivity index (χ2n) is 4.14. The first-order chi connectivity index (χ1) is 8.81. The van der Waals surface area contributed by atoms with E-state index in [0.29, 0.717) is 17.2 Å². The van der Waals surface area contributed by atoms with E-state index in [4.69, 9.17) is 4.74 Å². The molecule has 0 aromatic carbocycles. The first-order valence-electron chi connectivity index (χ1n) is 6.09. The van der Waals surface area contributed by atoms with Crippen molar-refractivity contribution in [3.05, 3.63) is 28.0 Å². The summed E-state index contributed by atoms with van der Waals surface area (Å²) < 4.78 is 5.13. The van der Waals surface area contributed by atoms with Gasteiger partial charge in [0.25, 0.3) is 5.91 Å². The normalized spacial score (nSPS) is 15.1. The molecule has 0 bridgehead atoms. The monoisotopic (exact) mass is 266 g/mol. The fourth-order valence-corrected chi connectivity index (χ4v) is 2.71. The molecular formula is C13H18N2O2S. The zero-order valence-electron chi connectivity index (χ0n) is 10.5. The maximum atomic E-state index is 11.9. The number of nitrogens with one attached hydrogen (secondary N) is 2. The molecule has 0 saturated carbocycles. The van der Waals surface area contributed by atoms with E-state index in [9.17, 15) is 4.79 Å². The third kappa shape index (κ3) is 3.34. The number of ether oxygens (including phenoxy) is 1. The second kappa shape index (κ2) is 6.56. The molecule has 1 aromatic heterocycles. The van der Waals surface area contributed by atoms with Crippen molar-refractivity contribution in [3.8, 4) is 5.75 Å². The highest BCUT2D eigenvalue weighted by atomic mass is 32.1. The largest absolute Gasteiger partial charge is 0.495 e. The van der Waals surface area contributed by atoms with E-state index in [-0.39, 0.29) is 5.91 Å². The van der Waals surface area contributed by atoms with Gasteiger partial charge in [-0.25, -0.2) is 0 Å². The summed E-state index contributed by atoms with van der Waals surface area (Å²) >= 11 is 1.41. The number of hydrogen-bond acceptors (Lipinski definition) is 4. The van der Waals surface area contributed by atoms with E-state index in [1.807, 2.05) is 11.4 Å². The van der Waals surface area contributed by atoms with Gasteiger partial charge in [-0.3, -0.25) is 4.79 Å². The first-order valence-corrected chi connectivity index (χ1v) is 6.97. The summed E-state index contributed by atoms with van der Waals surface area (Å²) in [7, 11) is 1.58. The molecule has 0 aliphatic carbocycles. The minimum absolute atomic E-state index is 0.0450. The van der Waals surface area contributed by atoms with Gasteiger partial charge in [-0.1, -0.05) is 11.6 Å². The lowest BCUT2D eigenvalue weighted by Crippen LogP contribution is -2.26. The van der Waals surface area contributed by atoms with Crippen molar-refractivity contribution in [3.63, 3.8) is 0 Å². The van der Waals surface area contributed by atoms with E-state index in [1.54, 1.807) is 7.11 Å². The van der Waals surface area contributed by atoms with Gasteiger partial charge in [0.2, 0.25) is 0 Å². The van der Waals surface area contributed by atoms with Gasteiger partial charge >= 0.3 is 0 Å². The molecule has 2 N–H and O–H groups in total. The van der Waals surface area contributed by atoms with E-state index in [2.05, 4.69) is 16.7 Å². The van der Waals surface area contributed by atoms with Crippen molar-refractivity contribution in [1.29, 1.82) is 0 Å². The van der Waals surface area contributed by atoms with Crippen LogP contribution in [0.3, 0.4) is 0 Å². The van der Waals surface area contributed by atoms with Gasteiger partial charge in [-0.2, -0.15) is 0 Å². The number of hydrogen-bond donors (Lipinski definition) is 2. The molecule has 1 aliphatic heterocycles. The Morgan fingerprint density at radius 1 is 1.61 bits per heavy atom. The number of thiophene rings is 1. The highest BCUT2D eigenvalue weighted by Crippen LogP contribution is 2.24. The van der Waals surface area contributed by atoms with E-state index < -0.39 is 0 Å². The second-order valence-corrected chi connectivity index (χ2v) is 5.06. The van der Waals surface area contributed by atoms with Crippen LogP contribution >= 0.6 is 11.3 Å². The van der Waals surface area contributed by atoms with Crippen LogP contribution < -0.4 is 15.4 Å². The first kappa shape index (κ1) is 13.1. The molecule has 5 heteroatoms. The van der Waals surface area contributed by atoms with Crippen LogP contribution in [0.5, 0.6) is 5.75 Å². The van der Waals surface area contributed by atoms with Gasteiger partial charge in [0.1, 0.15) is 10.6 Å². The van der Waals surface area contributed by atoms with E-state index in [0.717, 1.165) is 25.9 Å². The van der Waals surface area contributed by atoms with Crippen LogP contribution in [0.15, 0.2) is 23.1 Å². The SMILES string of the molecule is COc1ccsc1C(=O)NCCC1=CCNCC1. The van der Waals surface area contributed by atoms with Crippen LogP contribution in [-0.4, -0.2) is 32.7 Å². The molecule has 0 atom stereocenters. The minimum Gasteiger partial charge on any atom is -0.495 e. The number of amides is 1. The van der Waals surface area contributed by atoms with Gasteiger partial charge < -0.3 is 15.4 Å². The summed E-state index contributed by atoms with van der Waals surface area (Å²) in [5.74, 6) is 0.606. The van der Waals surface area contributed by atoms with Gasteiger partial charge in [0.05, 0.1) is 7.11 Å². The Bertz CT molecular complexity index is 440. The molecule has 0 radical (unpaired) electrons. The summed E-state index contributed by atoms with van der Waals surface area (Å²) in [6.45, 7) is 2.67. The summed E-state index contributed by atoms with van der Waals surface area (Å²) in [4.78, 5) is 12.6. The molecule has 1 amide bonds. The predicted molar refractivity (Wildman–Crippen MR) is 73.4 cm³/mol. The Balaban J connectivity index is 1.80. The number of methoxy groups -OCH3 is 1. The van der Waals surface area contributed by atoms with Gasteiger partial charge in [0.15, 0.2) is 0 Å². The molecule has 4 nitrogen and oxygen atoms in total. The molecule has 0 fully saturated rings. The molecule has 0 unspecified atom stereocenters. The number of carbonyl (C=O) groups is 1. The Labute approximate surface area is 111 Å². The molecule has 18 heavy (non-hydrogen) atoms. The Hall–Kier alpha value is -1.33. The van der Waals surface area contributed by atoms with Crippen LogP contribution in [0.1, 0.15) is 22.5 Å². The molecule has 0 spiro atoms. The lowest BCUT2D eigenvalue weighted by molar-refractivity contribution is 0.0955. The molecule has 2 heterocycles. The highest BCUT2D eigenvalue weighted by molar-refractivity contribution is 7.12. The molecule has 1 aliphatic rings. The van der Waals surface area contributed by atoms with Crippen molar-refractivity contribution >= 4 is 17.2 Å². The number of carbonyl (C=O) groups excluding carboxylic acids is 1. The molecule has 1 aromatic rings. The topological polar surface area (TPSA) is 50.4 Å². The average Bonchev–Trinajstić information content (AvgIpc) is 2.88. The predicted octanol–water partition coefficient (Wildman–Crippen LogP) is 1.80. The Kier molecular flexibility index (Phi) is 4.78.